The third kappa shape index (κ3) is 1.93. The van der Waals surface area contributed by atoms with Crippen molar-refractivity contribution in [3.8, 4) is 0 Å². The Bertz CT molecular complexity index is 562. The summed E-state index contributed by atoms with van der Waals surface area (Å²) in [4.78, 5) is 4.55. The number of fused-ring (bicyclic) bond motifs is 1. The maximum absolute atomic E-state index is 4.55. The Morgan fingerprint density at radius 2 is 2.00 bits per heavy atom. The van der Waals surface area contributed by atoms with Gasteiger partial charge in [-0.15, -0.1) is 0 Å². The fourth-order valence-electron chi connectivity index (χ4n) is 2.79. The summed E-state index contributed by atoms with van der Waals surface area (Å²) in [7, 11) is 0. The topological polar surface area (TPSA) is 29.9 Å². The molecule has 0 amide bonds. The summed E-state index contributed by atoms with van der Waals surface area (Å²) in [5.41, 5.74) is 5.07. The lowest BCUT2D eigenvalue weighted by molar-refractivity contribution is 0.326. The molecule has 1 aromatic heterocycles. The van der Waals surface area contributed by atoms with E-state index in [1.54, 1.807) is 0 Å². The molecule has 0 bridgehead atoms. The number of hydrogen-bond acceptors (Lipinski definition) is 2. The molecule has 1 aliphatic rings. The minimum absolute atomic E-state index is 0.549. The summed E-state index contributed by atoms with van der Waals surface area (Å²) in [6.07, 6.45) is 4.49. The van der Waals surface area contributed by atoms with Gasteiger partial charge in [0.05, 0.1) is 17.4 Å². The normalized spacial score (nSPS) is 24.6. The van der Waals surface area contributed by atoms with Crippen LogP contribution in [0.1, 0.15) is 36.9 Å². The van der Waals surface area contributed by atoms with Crippen LogP contribution >= 0.6 is 0 Å². The minimum Gasteiger partial charge on any atom is -0.326 e. The van der Waals surface area contributed by atoms with Gasteiger partial charge in [0.15, 0.2) is 0 Å². The summed E-state index contributed by atoms with van der Waals surface area (Å²) in [5, 5.41) is 3.56. The first-order valence-electron chi connectivity index (χ1n) is 6.82. The monoisotopic (exact) mass is 243 g/mol. The van der Waals surface area contributed by atoms with Gasteiger partial charge in [0.1, 0.15) is 0 Å². The second-order valence-corrected chi connectivity index (χ2v) is 5.62. The zero-order valence-corrected chi connectivity index (χ0v) is 11.4. The van der Waals surface area contributed by atoms with Gasteiger partial charge in [0.25, 0.3) is 0 Å². The number of nitrogens with zero attached hydrogens (tertiary/aromatic N) is 2. The van der Waals surface area contributed by atoms with Gasteiger partial charge >= 0.3 is 0 Å². The number of hydrogen-bond donors (Lipinski definition) is 1. The van der Waals surface area contributed by atoms with Crippen LogP contribution in [0.25, 0.3) is 11.0 Å². The molecule has 2 atom stereocenters. The van der Waals surface area contributed by atoms with Gasteiger partial charge in [0.2, 0.25) is 0 Å². The summed E-state index contributed by atoms with van der Waals surface area (Å²) >= 11 is 0. The summed E-state index contributed by atoms with van der Waals surface area (Å²) in [5.74, 6) is 0. The number of aryl methyl sites for hydroxylation is 2. The summed E-state index contributed by atoms with van der Waals surface area (Å²) < 4.78 is 2.35. The molecule has 96 valence electrons. The molecule has 1 saturated heterocycles. The van der Waals surface area contributed by atoms with Crippen molar-refractivity contribution in [2.75, 3.05) is 6.54 Å². The molecule has 3 heteroatoms. The molecule has 0 radical (unpaired) electrons. The quantitative estimate of drug-likeness (QED) is 0.834. The fourth-order valence-corrected chi connectivity index (χ4v) is 2.79. The number of benzene rings is 1. The van der Waals surface area contributed by atoms with Gasteiger partial charge in [-0.1, -0.05) is 0 Å². The Hall–Kier alpha value is -1.35. The largest absolute Gasteiger partial charge is 0.326 e. The standard InChI is InChI=1S/C15H21N3/c1-10-6-14-15(7-11(10)2)18(9-17-14)13-5-4-12(3)16-8-13/h6-7,9,12-13,16H,4-5,8H2,1-3H3. The Morgan fingerprint density at radius 1 is 1.22 bits per heavy atom. The second kappa shape index (κ2) is 4.39. The van der Waals surface area contributed by atoms with E-state index in [2.05, 4.69) is 47.8 Å². The highest BCUT2D eigenvalue weighted by Crippen LogP contribution is 2.26. The van der Waals surface area contributed by atoms with E-state index in [9.17, 15) is 0 Å². The zero-order chi connectivity index (χ0) is 12.7. The molecule has 1 aliphatic heterocycles. The molecular formula is C15H21N3. The van der Waals surface area contributed by atoms with Gasteiger partial charge in [-0.05, 0) is 56.9 Å². The van der Waals surface area contributed by atoms with E-state index < -0.39 is 0 Å². The molecule has 18 heavy (non-hydrogen) atoms. The Kier molecular flexibility index (Phi) is 2.86. The van der Waals surface area contributed by atoms with E-state index in [-0.39, 0.29) is 0 Å². The van der Waals surface area contributed by atoms with Crippen LogP contribution < -0.4 is 5.32 Å². The molecule has 2 heterocycles. The second-order valence-electron chi connectivity index (χ2n) is 5.62. The highest BCUT2D eigenvalue weighted by atomic mass is 15.1. The Balaban J connectivity index is 1.99. The SMILES string of the molecule is Cc1cc2ncn(C3CCC(C)NC3)c2cc1C. The molecular weight excluding hydrogens is 222 g/mol. The fraction of sp³-hybridized carbons (Fsp3) is 0.533. The van der Waals surface area contributed by atoms with Crippen molar-refractivity contribution in [1.29, 1.82) is 0 Å². The van der Waals surface area contributed by atoms with Crippen LogP contribution in [0, 0.1) is 13.8 Å². The van der Waals surface area contributed by atoms with E-state index >= 15 is 0 Å². The predicted octanol–water partition coefficient (Wildman–Crippen LogP) is 2.97. The number of aromatic nitrogens is 2. The molecule has 1 fully saturated rings. The Labute approximate surface area is 108 Å². The number of nitrogens with one attached hydrogen (secondary N) is 1. The molecule has 2 aromatic rings. The molecule has 2 unspecified atom stereocenters. The van der Waals surface area contributed by atoms with Crippen LogP contribution in [0.5, 0.6) is 0 Å². The highest BCUT2D eigenvalue weighted by Gasteiger charge is 2.20. The van der Waals surface area contributed by atoms with E-state index in [1.807, 2.05) is 6.33 Å². The predicted molar refractivity (Wildman–Crippen MR) is 74.9 cm³/mol. The van der Waals surface area contributed by atoms with E-state index in [4.69, 9.17) is 0 Å². The molecule has 1 aromatic carbocycles. The number of rotatable bonds is 1. The van der Waals surface area contributed by atoms with Crippen molar-refractivity contribution in [1.82, 2.24) is 14.9 Å². The average molecular weight is 243 g/mol. The lowest BCUT2D eigenvalue weighted by atomic mass is 10.0. The smallest absolute Gasteiger partial charge is 0.0961 e. The summed E-state index contributed by atoms with van der Waals surface area (Å²) in [6, 6.07) is 5.67. The first kappa shape index (κ1) is 11.7. The first-order valence-corrected chi connectivity index (χ1v) is 6.82. The minimum atomic E-state index is 0.549. The van der Waals surface area contributed by atoms with Gasteiger partial charge in [-0.2, -0.15) is 0 Å². The van der Waals surface area contributed by atoms with Crippen molar-refractivity contribution >= 4 is 11.0 Å². The summed E-state index contributed by atoms with van der Waals surface area (Å²) in [6.45, 7) is 7.64. The average Bonchev–Trinajstić information content (AvgIpc) is 2.74. The maximum Gasteiger partial charge on any atom is 0.0961 e. The molecule has 0 aliphatic carbocycles. The molecule has 0 spiro atoms. The Morgan fingerprint density at radius 3 is 2.72 bits per heavy atom. The molecule has 3 rings (SSSR count). The van der Waals surface area contributed by atoms with Crippen molar-refractivity contribution in [2.45, 2.75) is 45.7 Å². The van der Waals surface area contributed by atoms with Gasteiger partial charge in [-0.25, -0.2) is 4.98 Å². The van der Waals surface area contributed by atoms with Crippen molar-refractivity contribution < 1.29 is 0 Å². The van der Waals surface area contributed by atoms with Crippen molar-refractivity contribution in [3.05, 3.63) is 29.6 Å². The van der Waals surface area contributed by atoms with Gasteiger partial charge in [0, 0.05) is 18.6 Å². The van der Waals surface area contributed by atoms with Crippen molar-refractivity contribution in [3.63, 3.8) is 0 Å². The van der Waals surface area contributed by atoms with Gasteiger partial charge in [-0.3, -0.25) is 0 Å². The maximum atomic E-state index is 4.55. The number of piperidine rings is 1. The van der Waals surface area contributed by atoms with Gasteiger partial charge < -0.3 is 9.88 Å². The molecule has 3 nitrogen and oxygen atoms in total. The van der Waals surface area contributed by atoms with Crippen LogP contribution in [0.2, 0.25) is 0 Å². The lowest BCUT2D eigenvalue weighted by Gasteiger charge is -2.29. The van der Waals surface area contributed by atoms with Crippen LogP contribution in [0.4, 0.5) is 0 Å². The first-order chi connectivity index (χ1) is 8.65. The van der Waals surface area contributed by atoms with Crippen LogP contribution in [0.15, 0.2) is 18.5 Å². The van der Waals surface area contributed by atoms with E-state index in [0.717, 1.165) is 12.1 Å². The zero-order valence-electron chi connectivity index (χ0n) is 11.4. The van der Waals surface area contributed by atoms with Crippen LogP contribution in [0.3, 0.4) is 0 Å². The number of imidazole rings is 1. The van der Waals surface area contributed by atoms with E-state index in [1.165, 1.54) is 29.5 Å². The van der Waals surface area contributed by atoms with Crippen molar-refractivity contribution in [2.24, 2.45) is 0 Å². The van der Waals surface area contributed by atoms with Crippen LogP contribution in [-0.2, 0) is 0 Å². The molecule has 0 saturated carbocycles. The van der Waals surface area contributed by atoms with E-state index in [0.29, 0.717) is 12.1 Å². The van der Waals surface area contributed by atoms with Crippen LogP contribution in [-0.4, -0.2) is 22.1 Å². The molecule has 1 N–H and O–H groups in total. The third-order valence-electron chi connectivity index (χ3n) is 4.22. The lowest BCUT2D eigenvalue weighted by Crippen LogP contribution is -2.37. The highest BCUT2D eigenvalue weighted by molar-refractivity contribution is 5.77. The third-order valence-corrected chi connectivity index (χ3v) is 4.22.